The molecule has 2 aromatic rings. The van der Waals surface area contributed by atoms with Crippen molar-refractivity contribution in [3.63, 3.8) is 0 Å². The number of hydrogen-bond acceptors (Lipinski definition) is 2. The number of carbonyl (C=O) groups excluding carboxylic acids is 1. The first-order chi connectivity index (χ1) is 14.1. The van der Waals surface area contributed by atoms with Gasteiger partial charge in [-0.3, -0.25) is 4.79 Å². The highest BCUT2D eigenvalue weighted by atomic mass is 127. The molecule has 6 nitrogen and oxygen atoms in total. The maximum Gasteiger partial charge on any atom is 0.241 e. The fraction of sp³-hybridized carbons (Fsp3) is 0.478. The second-order valence-corrected chi connectivity index (χ2v) is 7.75. The monoisotopic (exact) mass is 523 g/mol. The molecule has 3 rings (SSSR count). The summed E-state index contributed by atoms with van der Waals surface area (Å²) in [5.74, 6) is 1.50. The fourth-order valence-corrected chi connectivity index (χ4v) is 3.77. The van der Waals surface area contributed by atoms with Crippen molar-refractivity contribution in [1.82, 2.24) is 20.1 Å². The molecule has 1 aliphatic heterocycles. The van der Waals surface area contributed by atoms with Gasteiger partial charge in [-0.1, -0.05) is 30.3 Å². The van der Waals surface area contributed by atoms with E-state index in [1.165, 1.54) is 5.56 Å². The zero-order chi connectivity index (χ0) is 20.5. The van der Waals surface area contributed by atoms with E-state index in [9.17, 15) is 4.79 Å². The third-order valence-corrected chi connectivity index (χ3v) is 5.40. The molecule has 1 fully saturated rings. The highest BCUT2D eigenvalue weighted by Crippen LogP contribution is 2.21. The summed E-state index contributed by atoms with van der Waals surface area (Å²) in [4.78, 5) is 19.2. The van der Waals surface area contributed by atoms with Crippen molar-refractivity contribution >= 4 is 35.8 Å². The topological polar surface area (TPSA) is 61.7 Å². The van der Waals surface area contributed by atoms with Gasteiger partial charge in [-0.2, -0.15) is 0 Å². The molecule has 0 bridgehead atoms. The predicted octanol–water partition coefficient (Wildman–Crippen LogP) is 3.18. The van der Waals surface area contributed by atoms with Crippen molar-refractivity contribution in [2.75, 3.05) is 26.2 Å². The number of aliphatic imine (C=N–C) groups is 1. The number of rotatable bonds is 7. The van der Waals surface area contributed by atoms with Crippen LogP contribution in [0.25, 0.3) is 0 Å². The standard InChI is InChI=1S/C23H33N5O.HI/c1-3-24-23(25-16-21-9-12-27(2)18-21)26-17-22(29)28-13-10-20(11-14-28)15-19-7-5-4-6-8-19;/h4-9,12,18,20H,3,10-11,13-17H2,1-2H3,(H2,24,25,26);1H. The number of halogens is 1. The number of aromatic nitrogens is 1. The predicted molar refractivity (Wildman–Crippen MR) is 133 cm³/mol. The average Bonchev–Trinajstić information content (AvgIpc) is 3.16. The van der Waals surface area contributed by atoms with Crippen LogP contribution in [0.3, 0.4) is 0 Å². The first-order valence-corrected chi connectivity index (χ1v) is 10.6. The average molecular weight is 523 g/mol. The number of nitrogens with zero attached hydrogens (tertiary/aromatic N) is 3. The van der Waals surface area contributed by atoms with Crippen LogP contribution in [0, 0.1) is 5.92 Å². The molecule has 2 N–H and O–H groups in total. The number of aryl methyl sites for hydroxylation is 1. The summed E-state index contributed by atoms with van der Waals surface area (Å²) in [7, 11) is 2.00. The van der Waals surface area contributed by atoms with E-state index in [1.54, 1.807) is 0 Å². The molecule has 0 unspecified atom stereocenters. The Kier molecular flexibility index (Phi) is 10.2. The van der Waals surface area contributed by atoms with Gasteiger partial charge >= 0.3 is 0 Å². The van der Waals surface area contributed by atoms with E-state index in [-0.39, 0.29) is 36.4 Å². The van der Waals surface area contributed by atoms with Crippen LogP contribution < -0.4 is 10.6 Å². The van der Waals surface area contributed by atoms with E-state index in [1.807, 2.05) is 29.6 Å². The van der Waals surface area contributed by atoms with E-state index >= 15 is 0 Å². The second-order valence-electron chi connectivity index (χ2n) is 7.75. The Labute approximate surface area is 197 Å². The number of hydrogen-bond donors (Lipinski definition) is 2. The Morgan fingerprint density at radius 1 is 1.10 bits per heavy atom. The Hall–Kier alpha value is -2.03. The molecule has 1 aromatic carbocycles. The van der Waals surface area contributed by atoms with Gasteiger partial charge in [0.05, 0.1) is 13.1 Å². The summed E-state index contributed by atoms with van der Waals surface area (Å²) >= 11 is 0. The summed E-state index contributed by atoms with van der Waals surface area (Å²) in [6.45, 7) is 5.35. The lowest BCUT2D eigenvalue weighted by Crippen LogP contribution is -2.47. The highest BCUT2D eigenvalue weighted by Gasteiger charge is 2.22. The molecule has 1 amide bonds. The van der Waals surface area contributed by atoms with Crippen molar-refractivity contribution in [2.24, 2.45) is 18.0 Å². The number of amides is 1. The van der Waals surface area contributed by atoms with Gasteiger partial charge in [0.2, 0.25) is 5.91 Å². The summed E-state index contributed by atoms with van der Waals surface area (Å²) in [6, 6.07) is 12.7. The molecule has 0 spiro atoms. The Balaban J connectivity index is 0.00000320. The first-order valence-electron chi connectivity index (χ1n) is 10.6. The maximum absolute atomic E-state index is 12.6. The third kappa shape index (κ3) is 7.66. The number of guanidine groups is 1. The minimum atomic E-state index is 0. The maximum atomic E-state index is 12.6. The van der Waals surface area contributed by atoms with Gasteiger partial charge < -0.3 is 20.1 Å². The Morgan fingerprint density at radius 3 is 2.47 bits per heavy atom. The minimum absolute atomic E-state index is 0. The van der Waals surface area contributed by atoms with Gasteiger partial charge in [0.15, 0.2) is 5.96 Å². The first kappa shape index (κ1) is 24.2. The SMILES string of the molecule is CCNC(=NCc1ccn(C)c1)NCC(=O)N1CCC(Cc2ccccc2)CC1.I. The van der Waals surface area contributed by atoms with E-state index in [0.29, 0.717) is 18.4 Å². The van der Waals surface area contributed by atoms with Gasteiger partial charge in [-0.05, 0) is 49.3 Å². The number of piperidine rings is 1. The van der Waals surface area contributed by atoms with Crippen molar-refractivity contribution in [3.05, 3.63) is 59.9 Å². The Bertz CT molecular complexity index is 797. The van der Waals surface area contributed by atoms with Crippen LogP contribution in [0.4, 0.5) is 0 Å². The lowest BCUT2D eigenvalue weighted by Gasteiger charge is -2.32. The molecule has 2 heterocycles. The number of likely N-dealkylation sites (tertiary alicyclic amines) is 1. The normalized spacial score (nSPS) is 14.9. The fourth-order valence-electron chi connectivity index (χ4n) is 3.77. The molecule has 0 aliphatic carbocycles. The van der Waals surface area contributed by atoms with Crippen molar-refractivity contribution in [1.29, 1.82) is 0 Å². The third-order valence-electron chi connectivity index (χ3n) is 5.40. The molecule has 0 saturated carbocycles. The van der Waals surface area contributed by atoms with E-state index in [2.05, 4.69) is 58.2 Å². The van der Waals surface area contributed by atoms with Crippen LogP contribution in [-0.2, 0) is 24.8 Å². The van der Waals surface area contributed by atoms with Gasteiger partial charge in [0, 0.05) is 39.1 Å². The summed E-state index contributed by atoms with van der Waals surface area (Å²) in [6.07, 6.45) is 7.32. The van der Waals surface area contributed by atoms with Crippen LogP contribution in [0.15, 0.2) is 53.8 Å². The molecular weight excluding hydrogens is 489 g/mol. The lowest BCUT2D eigenvalue weighted by molar-refractivity contribution is -0.131. The van der Waals surface area contributed by atoms with Gasteiger partial charge in [-0.25, -0.2) is 4.99 Å². The van der Waals surface area contributed by atoms with E-state index in [0.717, 1.165) is 44.5 Å². The minimum Gasteiger partial charge on any atom is -0.357 e. The molecule has 1 aromatic heterocycles. The second kappa shape index (κ2) is 12.6. The Morgan fingerprint density at radius 2 is 1.83 bits per heavy atom. The van der Waals surface area contributed by atoms with Gasteiger partial charge in [-0.15, -0.1) is 24.0 Å². The summed E-state index contributed by atoms with van der Waals surface area (Å²) in [5, 5.41) is 6.40. The molecular formula is C23H34IN5O. The van der Waals surface area contributed by atoms with Crippen LogP contribution >= 0.6 is 24.0 Å². The van der Waals surface area contributed by atoms with Crippen molar-refractivity contribution in [2.45, 2.75) is 32.7 Å². The smallest absolute Gasteiger partial charge is 0.241 e. The zero-order valence-electron chi connectivity index (χ0n) is 18.0. The van der Waals surface area contributed by atoms with Crippen LogP contribution in [-0.4, -0.2) is 47.5 Å². The number of carbonyl (C=O) groups is 1. The molecule has 0 radical (unpaired) electrons. The van der Waals surface area contributed by atoms with Crippen LogP contribution in [0.2, 0.25) is 0 Å². The molecule has 1 saturated heterocycles. The van der Waals surface area contributed by atoms with Crippen LogP contribution in [0.5, 0.6) is 0 Å². The highest BCUT2D eigenvalue weighted by molar-refractivity contribution is 14.0. The zero-order valence-corrected chi connectivity index (χ0v) is 20.3. The summed E-state index contributed by atoms with van der Waals surface area (Å²) < 4.78 is 2.01. The van der Waals surface area contributed by atoms with E-state index in [4.69, 9.17) is 0 Å². The van der Waals surface area contributed by atoms with Crippen LogP contribution in [0.1, 0.15) is 30.9 Å². The quantitative estimate of drug-likeness (QED) is 0.333. The molecule has 7 heteroatoms. The number of benzene rings is 1. The van der Waals surface area contributed by atoms with Gasteiger partial charge in [0.1, 0.15) is 0 Å². The number of nitrogens with one attached hydrogen (secondary N) is 2. The molecule has 30 heavy (non-hydrogen) atoms. The van der Waals surface area contributed by atoms with E-state index < -0.39 is 0 Å². The molecule has 164 valence electrons. The van der Waals surface area contributed by atoms with Crippen molar-refractivity contribution in [3.8, 4) is 0 Å². The largest absolute Gasteiger partial charge is 0.357 e. The lowest BCUT2D eigenvalue weighted by atomic mass is 9.90. The molecule has 0 atom stereocenters. The van der Waals surface area contributed by atoms with Crippen molar-refractivity contribution < 1.29 is 4.79 Å². The molecule has 1 aliphatic rings. The summed E-state index contributed by atoms with van der Waals surface area (Å²) in [5.41, 5.74) is 2.54. The van der Waals surface area contributed by atoms with Gasteiger partial charge in [0.25, 0.3) is 0 Å².